The largest absolute Gasteiger partial charge is 0.351 e. The number of nitrogens with two attached hydrogens (primary N) is 1. The quantitative estimate of drug-likeness (QED) is 0.872. The molecule has 1 aliphatic carbocycles. The fourth-order valence-corrected chi connectivity index (χ4v) is 2.39. The molecule has 1 aromatic carbocycles. The Hall–Kier alpha value is -1.06. The van der Waals surface area contributed by atoms with Crippen molar-refractivity contribution in [3.63, 3.8) is 0 Å². The highest BCUT2D eigenvalue weighted by Gasteiger charge is 2.41. The van der Waals surface area contributed by atoms with Crippen molar-refractivity contribution in [3.8, 4) is 0 Å². The fourth-order valence-electron chi connectivity index (χ4n) is 2.39. The predicted molar refractivity (Wildman–Crippen MR) is 80.5 cm³/mol. The standard InChI is InChI=1S/C15H22N2O.ClH/c1-3-9-15(2,16)14(18)17-13-10-12(13)11-7-5-4-6-8-11;/h4-8,12-13H,3,9-10,16H2,1-2H3,(H,17,18);1H. The molecule has 4 heteroatoms. The lowest BCUT2D eigenvalue weighted by Crippen LogP contribution is -2.52. The SMILES string of the molecule is CCCC(C)(N)C(=O)NC1CC1c1ccccc1.Cl. The van der Waals surface area contributed by atoms with Crippen LogP contribution in [0.5, 0.6) is 0 Å². The van der Waals surface area contributed by atoms with Crippen molar-refractivity contribution in [1.29, 1.82) is 0 Å². The van der Waals surface area contributed by atoms with Crippen molar-refractivity contribution in [2.75, 3.05) is 0 Å². The molecule has 1 aromatic rings. The van der Waals surface area contributed by atoms with Crippen LogP contribution in [0.4, 0.5) is 0 Å². The first-order valence-corrected chi connectivity index (χ1v) is 6.69. The van der Waals surface area contributed by atoms with Crippen molar-refractivity contribution < 1.29 is 4.79 Å². The van der Waals surface area contributed by atoms with E-state index in [1.54, 1.807) is 0 Å². The Labute approximate surface area is 121 Å². The van der Waals surface area contributed by atoms with Gasteiger partial charge >= 0.3 is 0 Å². The van der Waals surface area contributed by atoms with Crippen LogP contribution in [-0.2, 0) is 4.79 Å². The first-order chi connectivity index (χ1) is 8.54. The third-order valence-corrected chi connectivity index (χ3v) is 3.62. The highest BCUT2D eigenvalue weighted by molar-refractivity contribution is 5.86. The maximum absolute atomic E-state index is 12.0. The van der Waals surface area contributed by atoms with Gasteiger partial charge in [-0.15, -0.1) is 12.4 Å². The number of rotatable bonds is 5. The molecule has 19 heavy (non-hydrogen) atoms. The maximum Gasteiger partial charge on any atom is 0.240 e. The van der Waals surface area contributed by atoms with Gasteiger partial charge in [0.05, 0.1) is 5.54 Å². The Morgan fingerprint density at radius 1 is 1.42 bits per heavy atom. The van der Waals surface area contributed by atoms with Crippen molar-refractivity contribution in [2.24, 2.45) is 5.73 Å². The minimum Gasteiger partial charge on any atom is -0.351 e. The molecule has 0 spiro atoms. The minimum absolute atomic E-state index is 0. The van der Waals surface area contributed by atoms with Crippen LogP contribution in [0.1, 0.15) is 44.6 Å². The monoisotopic (exact) mass is 282 g/mol. The summed E-state index contributed by atoms with van der Waals surface area (Å²) < 4.78 is 0. The molecule has 1 aliphatic rings. The molecule has 3 atom stereocenters. The topological polar surface area (TPSA) is 55.1 Å². The molecule has 3 N–H and O–H groups in total. The molecule has 1 amide bonds. The zero-order valence-corrected chi connectivity index (χ0v) is 12.4. The van der Waals surface area contributed by atoms with Crippen LogP contribution >= 0.6 is 12.4 Å². The van der Waals surface area contributed by atoms with Gasteiger partial charge in [0.2, 0.25) is 5.91 Å². The van der Waals surface area contributed by atoms with E-state index in [-0.39, 0.29) is 24.4 Å². The summed E-state index contributed by atoms with van der Waals surface area (Å²) in [5.41, 5.74) is 6.58. The van der Waals surface area contributed by atoms with Gasteiger partial charge in [-0.05, 0) is 25.3 Å². The number of benzene rings is 1. The lowest BCUT2D eigenvalue weighted by atomic mass is 9.96. The minimum atomic E-state index is -0.738. The Morgan fingerprint density at radius 2 is 2.05 bits per heavy atom. The van der Waals surface area contributed by atoms with Crippen LogP contribution in [0.2, 0.25) is 0 Å². The van der Waals surface area contributed by atoms with Crippen LogP contribution in [0, 0.1) is 0 Å². The summed E-state index contributed by atoms with van der Waals surface area (Å²) in [7, 11) is 0. The molecule has 106 valence electrons. The van der Waals surface area contributed by atoms with Crippen molar-refractivity contribution in [2.45, 2.75) is 50.6 Å². The molecule has 0 saturated heterocycles. The van der Waals surface area contributed by atoms with E-state index in [2.05, 4.69) is 17.4 Å². The number of carbonyl (C=O) groups excluding carboxylic acids is 1. The van der Waals surface area contributed by atoms with Gasteiger partial charge in [0, 0.05) is 12.0 Å². The normalized spacial score (nSPS) is 23.9. The second-order valence-corrected chi connectivity index (χ2v) is 5.50. The van der Waals surface area contributed by atoms with E-state index in [9.17, 15) is 4.79 Å². The highest BCUT2D eigenvalue weighted by Crippen LogP contribution is 2.40. The van der Waals surface area contributed by atoms with Crippen LogP contribution in [-0.4, -0.2) is 17.5 Å². The lowest BCUT2D eigenvalue weighted by molar-refractivity contribution is -0.126. The summed E-state index contributed by atoms with van der Waals surface area (Å²) in [6.07, 6.45) is 2.67. The van der Waals surface area contributed by atoms with Gasteiger partial charge in [0.1, 0.15) is 0 Å². The number of amides is 1. The zero-order valence-electron chi connectivity index (χ0n) is 11.6. The molecular weight excluding hydrogens is 260 g/mol. The van der Waals surface area contributed by atoms with Crippen molar-refractivity contribution in [3.05, 3.63) is 35.9 Å². The number of hydrogen-bond acceptors (Lipinski definition) is 2. The summed E-state index contributed by atoms with van der Waals surface area (Å²) in [6, 6.07) is 10.6. The molecule has 0 aliphatic heterocycles. The predicted octanol–water partition coefficient (Wildman–Crippen LogP) is 2.60. The highest BCUT2D eigenvalue weighted by atomic mass is 35.5. The molecule has 0 aromatic heterocycles. The first-order valence-electron chi connectivity index (χ1n) is 6.69. The molecule has 2 rings (SSSR count). The number of hydrogen-bond donors (Lipinski definition) is 2. The van der Waals surface area contributed by atoms with Gasteiger partial charge in [-0.1, -0.05) is 43.7 Å². The average molecular weight is 283 g/mol. The Morgan fingerprint density at radius 3 is 2.63 bits per heavy atom. The fraction of sp³-hybridized carbons (Fsp3) is 0.533. The van der Waals surface area contributed by atoms with E-state index in [1.807, 2.05) is 32.0 Å². The molecule has 0 bridgehead atoms. The molecule has 0 heterocycles. The van der Waals surface area contributed by atoms with Crippen LogP contribution in [0.25, 0.3) is 0 Å². The average Bonchev–Trinajstić information content (AvgIpc) is 3.09. The van der Waals surface area contributed by atoms with E-state index < -0.39 is 5.54 Å². The first kappa shape index (κ1) is 16.0. The smallest absolute Gasteiger partial charge is 0.240 e. The summed E-state index contributed by atoms with van der Waals surface area (Å²) in [5.74, 6) is 0.445. The molecular formula is C15H23ClN2O. The summed E-state index contributed by atoms with van der Waals surface area (Å²) in [4.78, 5) is 12.0. The van der Waals surface area contributed by atoms with Crippen LogP contribution in [0.15, 0.2) is 30.3 Å². The van der Waals surface area contributed by atoms with E-state index in [4.69, 9.17) is 5.73 Å². The van der Waals surface area contributed by atoms with E-state index in [0.717, 1.165) is 19.3 Å². The van der Waals surface area contributed by atoms with Gasteiger partial charge in [0.15, 0.2) is 0 Å². The second-order valence-electron chi connectivity index (χ2n) is 5.50. The van der Waals surface area contributed by atoms with E-state index >= 15 is 0 Å². The zero-order chi connectivity index (χ0) is 13.2. The molecule has 3 unspecified atom stereocenters. The molecule has 1 fully saturated rings. The van der Waals surface area contributed by atoms with Crippen LogP contribution in [0.3, 0.4) is 0 Å². The van der Waals surface area contributed by atoms with Gasteiger partial charge in [0.25, 0.3) is 0 Å². The number of halogens is 1. The van der Waals surface area contributed by atoms with Gasteiger partial charge < -0.3 is 11.1 Å². The van der Waals surface area contributed by atoms with Gasteiger partial charge in [-0.3, -0.25) is 4.79 Å². The lowest BCUT2D eigenvalue weighted by Gasteiger charge is -2.22. The molecule has 1 saturated carbocycles. The maximum atomic E-state index is 12.0. The Balaban J connectivity index is 0.00000180. The Kier molecular flexibility index (Phi) is 5.39. The van der Waals surface area contributed by atoms with E-state index in [1.165, 1.54) is 5.56 Å². The van der Waals surface area contributed by atoms with Crippen LogP contribution < -0.4 is 11.1 Å². The third-order valence-electron chi connectivity index (χ3n) is 3.62. The van der Waals surface area contributed by atoms with Crippen molar-refractivity contribution >= 4 is 18.3 Å². The summed E-state index contributed by atoms with van der Waals surface area (Å²) >= 11 is 0. The molecule has 3 nitrogen and oxygen atoms in total. The summed E-state index contributed by atoms with van der Waals surface area (Å²) in [5, 5.41) is 3.06. The summed E-state index contributed by atoms with van der Waals surface area (Å²) in [6.45, 7) is 3.86. The molecule has 0 radical (unpaired) electrons. The van der Waals surface area contributed by atoms with Crippen molar-refractivity contribution in [1.82, 2.24) is 5.32 Å². The van der Waals surface area contributed by atoms with Gasteiger partial charge in [-0.25, -0.2) is 0 Å². The number of carbonyl (C=O) groups is 1. The number of nitrogens with one attached hydrogen (secondary N) is 1. The Bertz CT molecular complexity index is 419. The second kappa shape index (κ2) is 6.40. The third kappa shape index (κ3) is 3.95. The van der Waals surface area contributed by atoms with E-state index in [0.29, 0.717) is 5.92 Å². The van der Waals surface area contributed by atoms with Gasteiger partial charge in [-0.2, -0.15) is 0 Å².